The van der Waals surface area contributed by atoms with Gasteiger partial charge in [-0.15, -0.1) is 0 Å². The van der Waals surface area contributed by atoms with Gasteiger partial charge in [-0.3, -0.25) is 4.79 Å². The van der Waals surface area contributed by atoms with E-state index < -0.39 is 12.0 Å². The zero-order valence-corrected chi connectivity index (χ0v) is 9.73. The Hall–Kier alpha value is -1.39. The summed E-state index contributed by atoms with van der Waals surface area (Å²) in [7, 11) is 0. The van der Waals surface area contributed by atoms with Crippen molar-refractivity contribution in [1.82, 2.24) is 5.32 Å². The van der Waals surface area contributed by atoms with Crippen molar-refractivity contribution in [2.24, 2.45) is 5.73 Å². The van der Waals surface area contributed by atoms with E-state index in [0.717, 1.165) is 18.5 Å². The molecular formula is C13H18N2O2. The van der Waals surface area contributed by atoms with E-state index >= 15 is 0 Å². The van der Waals surface area contributed by atoms with Gasteiger partial charge in [-0.05, 0) is 36.4 Å². The zero-order valence-electron chi connectivity index (χ0n) is 9.73. The normalized spacial score (nSPS) is 24.5. The number of piperidine rings is 1. The Morgan fingerprint density at radius 3 is 3.06 bits per heavy atom. The first kappa shape index (κ1) is 12.1. The van der Waals surface area contributed by atoms with E-state index in [0.29, 0.717) is 18.9 Å². The van der Waals surface area contributed by atoms with E-state index in [-0.39, 0.29) is 0 Å². The van der Waals surface area contributed by atoms with Gasteiger partial charge >= 0.3 is 5.97 Å². The van der Waals surface area contributed by atoms with E-state index in [1.165, 1.54) is 5.56 Å². The quantitative estimate of drug-likeness (QED) is 0.731. The molecule has 0 spiro atoms. The van der Waals surface area contributed by atoms with Gasteiger partial charge in [0, 0.05) is 6.54 Å². The monoisotopic (exact) mass is 234 g/mol. The number of carbonyl (C=O) groups is 1. The fraction of sp³-hybridized carbons (Fsp3) is 0.462. The molecule has 1 heterocycles. The van der Waals surface area contributed by atoms with Crippen molar-refractivity contribution < 1.29 is 9.90 Å². The summed E-state index contributed by atoms with van der Waals surface area (Å²) >= 11 is 0. The molecule has 4 heteroatoms. The molecule has 1 aliphatic rings. The molecule has 92 valence electrons. The van der Waals surface area contributed by atoms with Gasteiger partial charge in [0.2, 0.25) is 0 Å². The number of nitrogens with one attached hydrogen (secondary N) is 1. The Labute approximate surface area is 101 Å². The third kappa shape index (κ3) is 2.84. The van der Waals surface area contributed by atoms with Gasteiger partial charge in [-0.1, -0.05) is 24.3 Å². The SMILES string of the molecule is NCc1cccc(C2CCNC(C(=O)O)C2)c1. The largest absolute Gasteiger partial charge is 0.480 e. The highest BCUT2D eigenvalue weighted by molar-refractivity contribution is 5.73. The van der Waals surface area contributed by atoms with Crippen LogP contribution in [0.1, 0.15) is 29.9 Å². The van der Waals surface area contributed by atoms with E-state index in [9.17, 15) is 4.79 Å². The van der Waals surface area contributed by atoms with E-state index in [1.54, 1.807) is 0 Å². The highest BCUT2D eigenvalue weighted by Crippen LogP contribution is 2.28. The molecule has 1 saturated heterocycles. The summed E-state index contributed by atoms with van der Waals surface area (Å²) in [6.07, 6.45) is 1.64. The lowest BCUT2D eigenvalue weighted by molar-refractivity contribution is -0.140. The molecule has 0 aromatic heterocycles. The molecule has 2 atom stereocenters. The van der Waals surface area contributed by atoms with Crippen LogP contribution in [-0.2, 0) is 11.3 Å². The summed E-state index contributed by atoms with van der Waals surface area (Å²) in [6, 6.07) is 7.73. The first-order valence-electron chi connectivity index (χ1n) is 5.96. The van der Waals surface area contributed by atoms with Crippen molar-refractivity contribution >= 4 is 5.97 Å². The lowest BCUT2D eigenvalue weighted by Crippen LogP contribution is -2.42. The molecule has 1 fully saturated rings. The third-order valence-electron chi connectivity index (χ3n) is 3.36. The predicted octanol–water partition coefficient (Wildman–Crippen LogP) is 1.07. The van der Waals surface area contributed by atoms with Crippen LogP contribution in [0.5, 0.6) is 0 Å². The van der Waals surface area contributed by atoms with Crippen molar-refractivity contribution in [1.29, 1.82) is 0 Å². The first-order valence-corrected chi connectivity index (χ1v) is 5.96. The van der Waals surface area contributed by atoms with Gasteiger partial charge in [0.05, 0.1) is 0 Å². The van der Waals surface area contributed by atoms with Crippen molar-refractivity contribution in [3.05, 3.63) is 35.4 Å². The molecule has 17 heavy (non-hydrogen) atoms. The fourth-order valence-electron chi connectivity index (χ4n) is 2.38. The molecular weight excluding hydrogens is 216 g/mol. The Bertz CT molecular complexity index is 406. The molecule has 0 bridgehead atoms. The van der Waals surface area contributed by atoms with Crippen LogP contribution in [0.25, 0.3) is 0 Å². The predicted molar refractivity (Wildman–Crippen MR) is 65.7 cm³/mol. The van der Waals surface area contributed by atoms with Gasteiger partial charge < -0.3 is 16.2 Å². The lowest BCUT2D eigenvalue weighted by atomic mass is 9.86. The highest BCUT2D eigenvalue weighted by atomic mass is 16.4. The number of benzene rings is 1. The molecule has 2 rings (SSSR count). The minimum atomic E-state index is -0.760. The number of carboxylic acids is 1. The van der Waals surface area contributed by atoms with Crippen LogP contribution in [-0.4, -0.2) is 23.7 Å². The smallest absolute Gasteiger partial charge is 0.320 e. The molecule has 2 unspecified atom stereocenters. The summed E-state index contributed by atoms with van der Waals surface area (Å²) in [5.74, 6) is -0.437. The zero-order chi connectivity index (χ0) is 12.3. The second-order valence-corrected chi connectivity index (χ2v) is 4.52. The van der Waals surface area contributed by atoms with Gasteiger partial charge in [0.15, 0.2) is 0 Å². The molecule has 0 saturated carbocycles. The number of hydrogen-bond acceptors (Lipinski definition) is 3. The number of hydrogen-bond donors (Lipinski definition) is 3. The Morgan fingerprint density at radius 1 is 1.53 bits per heavy atom. The van der Waals surface area contributed by atoms with Crippen molar-refractivity contribution in [2.75, 3.05) is 6.54 Å². The van der Waals surface area contributed by atoms with E-state index in [1.807, 2.05) is 12.1 Å². The Morgan fingerprint density at radius 2 is 2.35 bits per heavy atom. The summed E-state index contributed by atoms with van der Waals surface area (Å²) < 4.78 is 0. The first-order chi connectivity index (χ1) is 8.20. The molecule has 0 aliphatic carbocycles. The van der Waals surface area contributed by atoms with Crippen molar-refractivity contribution in [3.63, 3.8) is 0 Å². The van der Waals surface area contributed by atoms with E-state index in [4.69, 9.17) is 10.8 Å². The van der Waals surface area contributed by atoms with Gasteiger partial charge in [0.25, 0.3) is 0 Å². The minimum Gasteiger partial charge on any atom is -0.480 e. The molecule has 1 aromatic rings. The van der Waals surface area contributed by atoms with Gasteiger partial charge in [0.1, 0.15) is 6.04 Å². The van der Waals surface area contributed by atoms with Crippen LogP contribution >= 0.6 is 0 Å². The molecule has 1 aromatic carbocycles. The molecule has 1 aliphatic heterocycles. The molecule has 0 amide bonds. The second kappa shape index (κ2) is 5.29. The maximum atomic E-state index is 11.0. The van der Waals surface area contributed by atoms with Crippen molar-refractivity contribution in [2.45, 2.75) is 31.3 Å². The number of aliphatic carboxylic acids is 1. The molecule has 0 radical (unpaired) electrons. The maximum Gasteiger partial charge on any atom is 0.320 e. The average molecular weight is 234 g/mol. The van der Waals surface area contributed by atoms with Gasteiger partial charge in [-0.25, -0.2) is 0 Å². The Kier molecular flexibility index (Phi) is 3.76. The number of rotatable bonds is 3. The van der Waals surface area contributed by atoms with Crippen LogP contribution in [0.2, 0.25) is 0 Å². The summed E-state index contributed by atoms with van der Waals surface area (Å²) in [4.78, 5) is 11.0. The third-order valence-corrected chi connectivity index (χ3v) is 3.36. The van der Waals surface area contributed by atoms with Crippen LogP contribution in [0.15, 0.2) is 24.3 Å². The summed E-state index contributed by atoms with van der Waals surface area (Å²) in [6.45, 7) is 1.29. The van der Waals surface area contributed by atoms with Crippen molar-refractivity contribution in [3.8, 4) is 0 Å². The minimum absolute atomic E-state index is 0.323. The lowest BCUT2D eigenvalue weighted by Gasteiger charge is -2.28. The fourth-order valence-corrected chi connectivity index (χ4v) is 2.38. The topological polar surface area (TPSA) is 75.3 Å². The van der Waals surface area contributed by atoms with Crippen LogP contribution in [0.3, 0.4) is 0 Å². The molecule has 4 nitrogen and oxygen atoms in total. The Balaban J connectivity index is 2.13. The number of carboxylic acid groups (broad SMARTS) is 1. The van der Waals surface area contributed by atoms with Gasteiger partial charge in [-0.2, -0.15) is 0 Å². The maximum absolute atomic E-state index is 11.0. The summed E-state index contributed by atoms with van der Waals surface area (Å²) in [5, 5.41) is 12.0. The second-order valence-electron chi connectivity index (χ2n) is 4.52. The van der Waals surface area contributed by atoms with Crippen LogP contribution in [0.4, 0.5) is 0 Å². The molecule has 4 N–H and O–H groups in total. The number of nitrogens with two attached hydrogens (primary N) is 1. The van der Waals surface area contributed by atoms with Crippen LogP contribution in [0, 0.1) is 0 Å². The van der Waals surface area contributed by atoms with Crippen LogP contribution < -0.4 is 11.1 Å². The van der Waals surface area contributed by atoms with E-state index in [2.05, 4.69) is 17.4 Å². The summed E-state index contributed by atoms with van der Waals surface area (Å²) in [5.41, 5.74) is 7.93. The standard InChI is InChI=1S/C13H18N2O2/c14-8-9-2-1-3-10(6-9)11-4-5-15-12(7-11)13(16)17/h1-3,6,11-12,15H,4-5,7-8,14H2,(H,16,17). The average Bonchev–Trinajstić information content (AvgIpc) is 2.39. The highest BCUT2D eigenvalue weighted by Gasteiger charge is 2.27.